The molecule has 0 radical (unpaired) electrons. The van der Waals surface area contributed by atoms with Gasteiger partial charge in [-0.3, -0.25) is 0 Å². The van der Waals surface area contributed by atoms with Crippen LogP contribution >= 0.6 is 23.4 Å². The summed E-state index contributed by atoms with van der Waals surface area (Å²) < 4.78 is 2.10. The summed E-state index contributed by atoms with van der Waals surface area (Å²) in [5.74, 6) is 1.04. The molecule has 1 N–H and O–H groups in total. The van der Waals surface area contributed by atoms with Crippen molar-refractivity contribution in [1.29, 1.82) is 0 Å². The third-order valence-electron chi connectivity index (χ3n) is 3.16. The number of nitrogens with zero attached hydrogens (tertiary/aromatic N) is 2. The van der Waals surface area contributed by atoms with E-state index < -0.39 is 0 Å². The fourth-order valence-corrected chi connectivity index (χ4v) is 3.30. The van der Waals surface area contributed by atoms with Crippen LogP contribution < -0.4 is 0 Å². The van der Waals surface area contributed by atoms with Gasteiger partial charge in [0.15, 0.2) is 5.16 Å². The van der Waals surface area contributed by atoms with Crippen molar-refractivity contribution >= 4 is 23.4 Å². The quantitative estimate of drug-likeness (QED) is 0.919. The molecule has 1 aromatic carbocycles. The summed E-state index contributed by atoms with van der Waals surface area (Å²) in [6.07, 6.45) is 0. The highest BCUT2D eigenvalue weighted by Gasteiger charge is 2.22. The summed E-state index contributed by atoms with van der Waals surface area (Å²) >= 11 is 7.77. The second-order valence-corrected chi connectivity index (χ2v) is 5.78. The molecule has 0 spiro atoms. The van der Waals surface area contributed by atoms with Gasteiger partial charge in [0.25, 0.3) is 0 Å². The number of imidazole rings is 1. The van der Waals surface area contributed by atoms with E-state index in [-0.39, 0.29) is 6.61 Å². The standard InChI is InChI=1S/C13H13ClN2OS/c1-8-6-9(2-3-10(8)14)12-11(7-17)16-4-5-18-13(16)15-12/h2-3,6,17H,4-5,7H2,1H3. The molecule has 3 rings (SSSR count). The molecule has 0 atom stereocenters. The van der Waals surface area contributed by atoms with Gasteiger partial charge in [-0.1, -0.05) is 29.4 Å². The zero-order valence-electron chi connectivity index (χ0n) is 9.98. The van der Waals surface area contributed by atoms with Crippen molar-refractivity contribution in [3.63, 3.8) is 0 Å². The van der Waals surface area contributed by atoms with Crippen molar-refractivity contribution in [3.8, 4) is 11.3 Å². The predicted molar refractivity (Wildman–Crippen MR) is 74.1 cm³/mol. The number of rotatable bonds is 2. The Bertz CT molecular complexity index is 609. The third kappa shape index (κ3) is 1.85. The second kappa shape index (κ2) is 4.61. The van der Waals surface area contributed by atoms with Gasteiger partial charge in [-0.2, -0.15) is 0 Å². The minimum absolute atomic E-state index is 0.0184. The molecule has 0 aliphatic carbocycles. The first-order valence-corrected chi connectivity index (χ1v) is 7.16. The normalized spacial score (nSPS) is 13.9. The van der Waals surface area contributed by atoms with E-state index >= 15 is 0 Å². The molecule has 1 aliphatic rings. The molecule has 0 unspecified atom stereocenters. The van der Waals surface area contributed by atoms with Gasteiger partial charge >= 0.3 is 0 Å². The summed E-state index contributed by atoms with van der Waals surface area (Å²) in [4.78, 5) is 4.63. The van der Waals surface area contributed by atoms with E-state index in [4.69, 9.17) is 11.6 Å². The average Bonchev–Trinajstić information content (AvgIpc) is 2.92. The molecule has 5 heteroatoms. The first kappa shape index (κ1) is 12.1. The lowest BCUT2D eigenvalue weighted by Gasteiger charge is -2.06. The van der Waals surface area contributed by atoms with Crippen molar-refractivity contribution in [2.45, 2.75) is 25.2 Å². The van der Waals surface area contributed by atoms with Gasteiger partial charge in [0, 0.05) is 22.9 Å². The van der Waals surface area contributed by atoms with Crippen LogP contribution in [0.3, 0.4) is 0 Å². The lowest BCUT2D eigenvalue weighted by molar-refractivity contribution is 0.271. The Kier molecular flexibility index (Phi) is 3.09. The van der Waals surface area contributed by atoms with Gasteiger partial charge in [-0.25, -0.2) is 4.98 Å². The molecule has 0 saturated heterocycles. The largest absolute Gasteiger partial charge is 0.390 e. The molecule has 1 aliphatic heterocycles. The number of aliphatic hydroxyl groups excluding tert-OH is 1. The number of hydrogen-bond donors (Lipinski definition) is 1. The van der Waals surface area contributed by atoms with Crippen LogP contribution in [0.2, 0.25) is 5.02 Å². The smallest absolute Gasteiger partial charge is 0.168 e. The van der Waals surface area contributed by atoms with Crippen LogP contribution in [0, 0.1) is 6.92 Å². The minimum Gasteiger partial charge on any atom is -0.390 e. The Morgan fingerprint density at radius 2 is 2.33 bits per heavy atom. The average molecular weight is 281 g/mol. The Labute approximate surface area is 115 Å². The molecule has 0 bridgehead atoms. The third-order valence-corrected chi connectivity index (χ3v) is 4.55. The maximum absolute atomic E-state index is 9.56. The monoisotopic (exact) mass is 280 g/mol. The lowest BCUT2D eigenvalue weighted by atomic mass is 10.1. The predicted octanol–water partition coefficient (Wildman–Crippen LogP) is 3.11. The molecular weight excluding hydrogens is 268 g/mol. The van der Waals surface area contributed by atoms with Gasteiger partial charge in [0.1, 0.15) is 0 Å². The van der Waals surface area contributed by atoms with E-state index in [1.807, 2.05) is 25.1 Å². The van der Waals surface area contributed by atoms with E-state index in [2.05, 4.69) is 9.55 Å². The van der Waals surface area contributed by atoms with Gasteiger partial charge in [0.05, 0.1) is 18.0 Å². The second-order valence-electron chi connectivity index (χ2n) is 4.31. The van der Waals surface area contributed by atoms with Crippen LogP contribution in [0.4, 0.5) is 0 Å². The molecule has 0 fully saturated rings. The molecule has 94 valence electrons. The molecule has 18 heavy (non-hydrogen) atoms. The summed E-state index contributed by atoms with van der Waals surface area (Å²) in [7, 11) is 0. The maximum Gasteiger partial charge on any atom is 0.168 e. The van der Waals surface area contributed by atoms with Gasteiger partial charge in [-0.15, -0.1) is 0 Å². The summed E-state index contributed by atoms with van der Waals surface area (Å²) in [6, 6.07) is 5.85. The van der Waals surface area contributed by atoms with Gasteiger partial charge in [-0.05, 0) is 24.6 Å². The Hall–Kier alpha value is -0.970. The zero-order chi connectivity index (χ0) is 12.7. The first-order chi connectivity index (χ1) is 8.70. The number of thioether (sulfide) groups is 1. The highest BCUT2D eigenvalue weighted by atomic mass is 35.5. The van der Waals surface area contributed by atoms with Crippen molar-refractivity contribution in [2.75, 3.05) is 5.75 Å². The Balaban J connectivity index is 2.14. The number of aromatic nitrogens is 2. The summed E-state index contributed by atoms with van der Waals surface area (Å²) in [5.41, 5.74) is 3.82. The molecule has 2 aromatic rings. The van der Waals surface area contributed by atoms with Crippen molar-refractivity contribution in [1.82, 2.24) is 9.55 Å². The van der Waals surface area contributed by atoms with E-state index in [1.165, 1.54) is 0 Å². The van der Waals surface area contributed by atoms with Crippen LogP contribution in [0.1, 0.15) is 11.3 Å². The maximum atomic E-state index is 9.56. The number of benzene rings is 1. The van der Waals surface area contributed by atoms with Gasteiger partial charge in [0.2, 0.25) is 0 Å². The molecule has 3 nitrogen and oxygen atoms in total. The minimum atomic E-state index is 0.0184. The first-order valence-electron chi connectivity index (χ1n) is 5.80. The van der Waals surface area contributed by atoms with E-state index in [9.17, 15) is 5.11 Å². The fourth-order valence-electron chi connectivity index (χ4n) is 2.22. The molecule has 1 aromatic heterocycles. The van der Waals surface area contributed by atoms with Crippen molar-refractivity contribution < 1.29 is 5.11 Å². The number of fused-ring (bicyclic) bond motifs is 1. The molecule has 2 heterocycles. The van der Waals surface area contributed by atoms with E-state index in [0.29, 0.717) is 0 Å². The van der Waals surface area contributed by atoms with Crippen LogP contribution in [0.5, 0.6) is 0 Å². The van der Waals surface area contributed by atoms with Crippen LogP contribution in [-0.2, 0) is 13.2 Å². The SMILES string of the molecule is Cc1cc(-c2nc3n(c2CO)CCS3)ccc1Cl. The number of halogens is 1. The lowest BCUT2D eigenvalue weighted by Crippen LogP contribution is -2.01. The molecular formula is C13H13ClN2OS. The number of aliphatic hydroxyl groups is 1. The van der Waals surface area contributed by atoms with Crippen LogP contribution in [0.25, 0.3) is 11.3 Å². The Morgan fingerprint density at radius 3 is 3.06 bits per heavy atom. The Morgan fingerprint density at radius 1 is 1.50 bits per heavy atom. The van der Waals surface area contributed by atoms with Gasteiger partial charge < -0.3 is 9.67 Å². The van der Waals surface area contributed by atoms with E-state index in [0.717, 1.165) is 45.0 Å². The summed E-state index contributed by atoms with van der Waals surface area (Å²) in [5, 5.41) is 11.3. The molecule has 0 saturated carbocycles. The zero-order valence-corrected chi connectivity index (χ0v) is 11.6. The van der Waals surface area contributed by atoms with E-state index in [1.54, 1.807) is 11.8 Å². The fraction of sp³-hybridized carbons (Fsp3) is 0.308. The highest BCUT2D eigenvalue weighted by Crippen LogP contribution is 2.34. The van der Waals surface area contributed by atoms with Crippen molar-refractivity contribution in [2.24, 2.45) is 0 Å². The van der Waals surface area contributed by atoms with Crippen molar-refractivity contribution in [3.05, 3.63) is 34.5 Å². The van der Waals surface area contributed by atoms with Crippen LogP contribution in [0.15, 0.2) is 23.4 Å². The highest BCUT2D eigenvalue weighted by molar-refractivity contribution is 7.99. The molecule has 0 amide bonds. The topological polar surface area (TPSA) is 38.0 Å². The summed E-state index contributed by atoms with van der Waals surface area (Å²) in [6.45, 7) is 2.92. The number of hydrogen-bond acceptors (Lipinski definition) is 3. The number of aryl methyl sites for hydroxylation is 1. The van der Waals surface area contributed by atoms with Crippen LogP contribution in [-0.4, -0.2) is 20.4 Å².